The number of amides is 1. The van der Waals surface area contributed by atoms with E-state index in [-0.39, 0.29) is 5.91 Å². The zero-order chi connectivity index (χ0) is 20.4. The molecule has 29 heavy (non-hydrogen) atoms. The number of rotatable bonds is 4. The molecule has 0 spiro atoms. The van der Waals surface area contributed by atoms with E-state index in [1.807, 2.05) is 72.3 Å². The lowest BCUT2D eigenvalue weighted by atomic mass is 9.97. The summed E-state index contributed by atoms with van der Waals surface area (Å²) in [5.41, 5.74) is 9.36. The zero-order valence-electron chi connectivity index (χ0n) is 16.8. The summed E-state index contributed by atoms with van der Waals surface area (Å²) < 4.78 is 1.89. The average Bonchev–Trinajstić information content (AvgIpc) is 3.07. The minimum Gasteiger partial charge on any atom is -0.340 e. The summed E-state index contributed by atoms with van der Waals surface area (Å²) in [6.45, 7) is 4.13. The van der Waals surface area contributed by atoms with Gasteiger partial charge in [-0.2, -0.15) is 5.10 Å². The molecule has 0 atom stereocenters. The van der Waals surface area contributed by atoms with Crippen molar-refractivity contribution < 1.29 is 4.79 Å². The predicted octanol–water partition coefficient (Wildman–Crippen LogP) is 4.98. The van der Waals surface area contributed by atoms with E-state index in [1.165, 1.54) is 5.56 Å². The monoisotopic (exact) mass is 381 g/mol. The molecule has 1 aromatic heterocycles. The van der Waals surface area contributed by atoms with Crippen molar-refractivity contribution in [2.24, 2.45) is 12.1 Å². The lowest BCUT2D eigenvalue weighted by molar-refractivity contribution is 0.0947. The van der Waals surface area contributed by atoms with Crippen LogP contribution in [0.15, 0.2) is 84.0 Å². The van der Waals surface area contributed by atoms with Crippen LogP contribution in [0.3, 0.4) is 0 Å². The first-order valence-electron chi connectivity index (χ1n) is 9.60. The molecule has 144 valence electrons. The van der Waals surface area contributed by atoms with Crippen molar-refractivity contribution in [1.29, 1.82) is 0 Å². The summed E-state index contributed by atoms with van der Waals surface area (Å²) in [5, 5.41) is 5.58. The van der Waals surface area contributed by atoms with Crippen molar-refractivity contribution in [2.45, 2.75) is 13.8 Å². The molecule has 0 unspecified atom stereocenters. The molecule has 0 bridgehead atoms. The molecular weight excluding hydrogens is 358 g/mol. The molecule has 0 saturated carbocycles. The topological polar surface area (TPSA) is 46.4 Å². The van der Waals surface area contributed by atoms with Crippen molar-refractivity contribution in [3.63, 3.8) is 0 Å². The molecule has 1 N–H and O–H groups in total. The van der Waals surface area contributed by atoms with Crippen molar-refractivity contribution in [2.75, 3.05) is 0 Å². The standard InChI is InChI=1S/C25H23N3O/c1-17-13-14-21(18(2)15-17)24(19-9-5-4-6-10-19)26-27-25(29)23-16-20-11-7-8-12-22(20)28(23)3/h4-16H,1-3H3,(H,27,29)/b26-24+. The fourth-order valence-electron chi connectivity index (χ4n) is 3.63. The van der Waals surface area contributed by atoms with Gasteiger partial charge >= 0.3 is 0 Å². The van der Waals surface area contributed by atoms with Gasteiger partial charge in [0.2, 0.25) is 0 Å². The number of hydrogen-bond acceptors (Lipinski definition) is 2. The highest BCUT2D eigenvalue weighted by atomic mass is 16.2. The molecule has 4 heteroatoms. The predicted molar refractivity (Wildman–Crippen MR) is 118 cm³/mol. The number of hydrazone groups is 1. The first kappa shape index (κ1) is 18.7. The average molecular weight is 381 g/mol. The Morgan fingerprint density at radius 3 is 2.34 bits per heavy atom. The van der Waals surface area contributed by atoms with Crippen LogP contribution in [0.5, 0.6) is 0 Å². The Labute approximate surface area is 170 Å². The van der Waals surface area contributed by atoms with Crippen molar-refractivity contribution in [3.8, 4) is 0 Å². The van der Waals surface area contributed by atoms with Crippen molar-refractivity contribution in [3.05, 3.63) is 107 Å². The highest BCUT2D eigenvalue weighted by Gasteiger charge is 2.15. The van der Waals surface area contributed by atoms with Crippen molar-refractivity contribution in [1.82, 2.24) is 9.99 Å². The van der Waals surface area contributed by atoms with Gasteiger partial charge in [-0.15, -0.1) is 0 Å². The highest BCUT2D eigenvalue weighted by molar-refractivity contribution is 6.14. The van der Waals surface area contributed by atoms with Gasteiger partial charge in [-0.05, 0) is 31.5 Å². The van der Waals surface area contributed by atoms with E-state index in [0.29, 0.717) is 5.69 Å². The molecule has 0 fully saturated rings. The van der Waals surface area contributed by atoms with Crippen LogP contribution in [-0.2, 0) is 7.05 Å². The molecule has 0 aliphatic rings. The lowest BCUT2D eigenvalue weighted by Crippen LogP contribution is -2.23. The van der Waals surface area contributed by atoms with Gasteiger partial charge in [-0.25, -0.2) is 5.43 Å². The third-order valence-corrected chi connectivity index (χ3v) is 5.14. The van der Waals surface area contributed by atoms with Crippen LogP contribution in [-0.4, -0.2) is 16.2 Å². The Balaban J connectivity index is 1.73. The van der Waals surface area contributed by atoms with Crippen molar-refractivity contribution >= 4 is 22.5 Å². The van der Waals surface area contributed by atoms with Crippen LogP contribution in [0.4, 0.5) is 0 Å². The molecular formula is C25H23N3O. The molecule has 0 radical (unpaired) electrons. The zero-order valence-corrected chi connectivity index (χ0v) is 16.8. The SMILES string of the molecule is Cc1ccc(/C(=N/NC(=O)c2cc3ccccc3n2C)c2ccccc2)c(C)c1. The second kappa shape index (κ2) is 7.76. The molecule has 3 aromatic carbocycles. The Morgan fingerprint density at radius 1 is 0.897 bits per heavy atom. The van der Waals surface area contributed by atoms with E-state index in [2.05, 4.69) is 42.6 Å². The number of carbonyl (C=O) groups is 1. The molecule has 4 aromatic rings. The molecule has 0 aliphatic carbocycles. The lowest BCUT2D eigenvalue weighted by Gasteiger charge is -2.12. The Morgan fingerprint density at radius 2 is 1.62 bits per heavy atom. The van der Waals surface area contributed by atoms with E-state index in [9.17, 15) is 4.79 Å². The quantitative estimate of drug-likeness (QED) is 0.393. The minimum atomic E-state index is -0.234. The number of carbonyl (C=O) groups excluding carboxylic acids is 1. The van der Waals surface area contributed by atoms with Gasteiger partial charge in [0, 0.05) is 29.1 Å². The summed E-state index contributed by atoms with van der Waals surface area (Å²) in [6, 6.07) is 26.0. The second-order valence-corrected chi connectivity index (χ2v) is 7.23. The van der Waals surface area contributed by atoms with Gasteiger partial charge < -0.3 is 4.57 Å². The van der Waals surface area contributed by atoms with E-state index < -0.39 is 0 Å². The largest absolute Gasteiger partial charge is 0.340 e. The van der Waals surface area contributed by atoms with E-state index in [1.54, 1.807) is 0 Å². The van der Waals surface area contributed by atoms with Gasteiger partial charge in [0.05, 0.1) is 5.71 Å². The summed E-state index contributed by atoms with van der Waals surface area (Å²) >= 11 is 0. The minimum absolute atomic E-state index is 0.234. The van der Waals surface area contributed by atoms with Crippen LogP contribution < -0.4 is 5.43 Å². The molecule has 4 rings (SSSR count). The number of hydrogen-bond donors (Lipinski definition) is 1. The maximum absolute atomic E-state index is 12.9. The summed E-state index contributed by atoms with van der Waals surface area (Å²) in [5.74, 6) is -0.234. The molecule has 0 saturated heterocycles. The normalized spacial score (nSPS) is 11.6. The smallest absolute Gasteiger partial charge is 0.288 e. The highest BCUT2D eigenvalue weighted by Crippen LogP contribution is 2.19. The number of aryl methyl sites for hydroxylation is 3. The van der Waals surface area contributed by atoms with Crippen LogP contribution >= 0.6 is 0 Å². The Hall–Kier alpha value is -3.66. The van der Waals surface area contributed by atoms with E-state index in [0.717, 1.165) is 33.3 Å². The molecule has 0 aliphatic heterocycles. The number of benzene rings is 3. The van der Waals surface area contributed by atoms with Gasteiger partial charge in [0.25, 0.3) is 5.91 Å². The molecule has 1 heterocycles. The fourth-order valence-corrected chi connectivity index (χ4v) is 3.63. The first-order valence-corrected chi connectivity index (χ1v) is 9.60. The van der Waals surface area contributed by atoms with E-state index in [4.69, 9.17) is 0 Å². The maximum Gasteiger partial charge on any atom is 0.288 e. The second-order valence-electron chi connectivity index (χ2n) is 7.23. The van der Waals surface area contributed by atoms with Gasteiger partial charge in [0.1, 0.15) is 5.69 Å². The number of nitrogens with one attached hydrogen (secondary N) is 1. The van der Waals surface area contributed by atoms with Gasteiger partial charge in [-0.1, -0.05) is 72.3 Å². The number of aromatic nitrogens is 1. The molecule has 4 nitrogen and oxygen atoms in total. The Kier molecular flexibility index (Phi) is 5.00. The molecule has 1 amide bonds. The van der Waals surface area contributed by atoms with E-state index >= 15 is 0 Å². The maximum atomic E-state index is 12.9. The van der Waals surface area contributed by atoms with Gasteiger partial charge in [0.15, 0.2) is 0 Å². The van der Waals surface area contributed by atoms with Crippen LogP contribution in [0.1, 0.15) is 32.7 Å². The van der Waals surface area contributed by atoms with Crippen LogP contribution in [0.25, 0.3) is 10.9 Å². The third-order valence-electron chi connectivity index (χ3n) is 5.14. The Bertz CT molecular complexity index is 1220. The van der Waals surface area contributed by atoms with Crippen LogP contribution in [0.2, 0.25) is 0 Å². The first-order chi connectivity index (χ1) is 14.0. The number of nitrogens with zero attached hydrogens (tertiary/aromatic N) is 2. The van der Waals surface area contributed by atoms with Gasteiger partial charge in [-0.3, -0.25) is 4.79 Å². The summed E-state index contributed by atoms with van der Waals surface area (Å²) in [7, 11) is 1.89. The van der Waals surface area contributed by atoms with Crippen LogP contribution in [0, 0.1) is 13.8 Å². The fraction of sp³-hybridized carbons (Fsp3) is 0.120. The number of fused-ring (bicyclic) bond motifs is 1. The number of para-hydroxylation sites is 1. The summed E-state index contributed by atoms with van der Waals surface area (Å²) in [4.78, 5) is 12.9. The summed E-state index contributed by atoms with van der Waals surface area (Å²) in [6.07, 6.45) is 0. The third kappa shape index (κ3) is 3.69.